The van der Waals surface area contributed by atoms with Gasteiger partial charge in [-0.1, -0.05) is 23.2 Å². The van der Waals surface area contributed by atoms with E-state index in [0.29, 0.717) is 50.7 Å². The van der Waals surface area contributed by atoms with E-state index in [4.69, 9.17) is 27.9 Å². The Hall–Kier alpha value is -0.860. The van der Waals surface area contributed by atoms with E-state index in [9.17, 15) is 13.2 Å². The van der Waals surface area contributed by atoms with Crippen molar-refractivity contribution in [2.75, 3.05) is 39.4 Å². The van der Waals surface area contributed by atoms with Gasteiger partial charge in [0.05, 0.1) is 24.2 Å². The number of hydrogen-bond acceptors (Lipinski definition) is 4. The highest BCUT2D eigenvalue weighted by molar-refractivity contribution is 7.89. The zero-order valence-electron chi connectivity index (χ0n) is 13.7. The highest BCUT2D eigenvalue weighted by atomic mass is 35.5. The van der Waals surface area contributed by atoms with Crippen LogP contribution < -0.4 is 0 Å². The Morgan fingerprint density at radius 1 is 1.16 bits per heavy atom. The van der Waals surface area contributed by atoms with Crippen molar-refractivity contribution in [2.24, 2.45) is 5.92 Å². The molecule has 1 aromatic rings. The average Bonchev–Trinajstić information content (AvgIpc) is 2.64. The quantitative estimate of drug-likeness (QED) is 0.771. The van der Waals surface area contributed by atoms with E-state index in [2.05, 4.69) is 0 Å². The second-order valence-corrected chi connectivity index (χ2v) is 8.96. The van der Waals surface area contributed by atoms with Gasteiger partial charge in [-0.3, -0.25) is 4.79 Å². The summed E-state index contributed by atoms with van der Waals surface area (Å²) in [4.78, 5) is 14.4. The van der Waals surface area contributed by atoms with Crippen molar-refractivity contribution in [2.45, 2.75) is 17.7 Å². The third-order valence-corrected chi connectivity index (χ3v) is 7.15. The number of amides is 1. The first-order chi connectivity index (χ1) is 11.9. The lowest BCUT2D eigenvalue weighted by Crippen LogP contribution is -2.49. The third-order valence-electron chi connectivity index (χ3n) is 4.57. The molecule has 2 aliphatic rings. The van der Waals surface area contributed by atoms with Gasteiger partial charge in [0.25, 0.3) is 0 Å². The Morgan fingerprint density at radius 3 is 2.60 bits per heavy atom. The van der Waals surface area contributed by atoms with Crippen molar-refractivity contribution < 1.29 is 17.9 Å². The lowest BCUT2D eigenvalue weighted by atomic mass is 9.98. The summed E-state index contributed by atoms with van der Waals surface area (Å²) in [5.74, 6) is -0.333. The number of nitrogens with zero attached hydrogens (tertiary/aromatic N) is 2. The number of benzene rings is 1. The largest absolute Gasteiger partial charge is 0.378 e. The van der Waals surface area contributed by atoms with Gasteiger partial charge in [0, 0.05) is 31.2 Å². The van der Waals surface area contributed by atoms with Gasteiger partial charge in [-0.05, 0) is 31.0 Å². The van der Waals surface area contributed by atoms with E-state index in [1.165, 1.54) is 16.4 Å². The fourth-order valence-corrected chi connectivity index (χ4v) is 5.48. The number of morpholine rings is 1. The van der Waals surface area contributed by atoms with E-state index in [1.807, 2.05) is 0 Å². The average molecular weight is 407 g/mol. The molecule has 1 aromatic carbocycles. The fraction of sp³-hybridized carbons (Fsp3) is 0.562. The minimum Gasteiger partial charge on any atom is -0.378 e. The lowest BCUT2D eigenvalue weighted by molar-refractivity contribution is -0.140. The Bertz CT molecular complexity index is 751. The monoisotopic (exact) mass is 406 g/mol. The van der Waals surface area contributed by atoms with Crippen LogP contribution >= 0.6 is 23.2 Å². The fourth-order valence-electron chi connectivity index (χ4n) is 3.22. The van der Waals surface area contributed by atoms with Gasteiger partial charge in [0.1, 0.15) is 4.90 Å². The highest BCUT2D eigenvalue weighted by Gasteiger charge is 2.36. The summed E-state index contributed by atoms with van der Waals surface area (Å²) in [6.07, 6.45) is 1.32. The molecular formula is C16H20Cl2N2O4S. The summed E-state index contributed by atoms with van der Waals surface area (Å²) in [5.41, 5.74) is 0. The maximum atomic E-state index is 12.9. The van der Waals surface area contributed by atoms with Crippen LogP contribution in [0.3, 0.4) is 0 Å². The molecule has 2 aliphatic heterocycles. The van der Waals surface area contributed by atoms with Crippen LogP contribution in [0.1, 0.15) is 12.8 Å². The van der Waals surface area contributed by atoms with Crippen LogP contribution in [0.5, 0.6) is 0 Å². The maximum Gasteiger partial charge on any atom is 0.244 e. The molecular weight excluding hydrogens is 387 g/mol. The topological polar surface area (TPSA) is 66.9 Å². The van der Waals surface area contributed by atoms with Gasteiger partial charge in [0.2, 0.25) is 15.9 Å². The molecule has 2 heterocycles. The van der Waals surface area contributed by atoms with Crippen molar-refractivity contribution >= 4 is 39.1 Å². The predicted molar refractivity (Wildman–Crippen MR) is 95.3 cm³/mol. The van der Waals surface area contributed by atoms with Crippen LogP contribution in [0.2, 0.25) is 10.0 Å². The van der Waals surface area contributed by atoms with Gasteiger partial charge >= 0.3 is 0 Å². The van der Waals surface area contributed by atoms with Crippen molar-refractivity contribution in [3.05, 3.63) is 28.2 Å². The molecule has 3 rings (SSSR count). The van der Waals surface area contributed by atoms with Crippen LogP contribution in [0.15, 0.2) is 23.1 Å². The molecule has 0 aromatic heterocycles. The van der Waals surface area contributed by atoms with E-state index in [-0.39, 0.29) is 28.3 Å². The second-order valence-electron chi connectivity index (χ2n) is 6.21. The number of carbonyl (C=O) groups is 1. The summed E-state index contributed by atoms with van der Waals surface area (Å²) in [7, 11) is -3.79. The number of sulfonamides is 1. The molecule has 0 spiro atoms. The van der Waals surface area contributed by atoms with Crippen LogP contribution in [0, 0.1) is 5.92 Å². The number of carbonyl (C=O) groups excluding carboxylic acids is 1. The summed E-state index contributed by atoms with van der Waals surface area (Å²) in [6.45, 7) is 2.71. The molecule has 25 heavy (non-hydrogen) atoms. The standard InChI is InChI=1S/C16H20Cl2N2O4S/c17-13-3-4-14(18)15(10-13)25(22,23)20-5-1-2-12(11-20)16(21)19-6-8-24-9-7-19/h3-4,10,12H,1-2,5-9,11H2/t12-/m1/s1. The normalized spacial score (nSPS) is 22.8. The Balaban J connectivity index is 1.78. The number of ether oxygens (including phenoxy) is 1. The van der Waals surface area contributed by atoms with Gasteiger partial charge in [-0.25, -0.2) is 8.42 Å². The number of piperidine rings is 1. The van der Waals surface area contributed by atoms with Crippen LogP contribution in [0.4, 0.5) is 0 Å². The van der Waals surface area contributed by atoms with Gasteiger partial charge in [0.15, 0.2) is 0 Å². The molecule has 1 atom stereocenters. The van der Waals surface area contributed by atoms with E-state index in [0.717, 1.165) is 0 Å². The van der Waals surface area contributed by atoms with E-state index in [1.54, 1.807) is 11.0 Å². The van der Waals surface area contributed by atoms with Gasteiger partial charge in [-0.15, -0.1) is 0 Å². The first-order valence-corrected chi connectivity index (χ1v) is 10.4. The molecule has 138 valence electrons. The summed E-state index contributed by atoms with van der Waals surface area (Å²) in [5, 5.41) is 0.437. The van der Waals surface area contributed by atoms with Crippen molar-refractivity contribution in [1.29, 1.82) is 0 Å². The van der Waals surface area contributed by atoms with Gasteiger partial charge in [-0.2, -0.15) is 4.31 Å². The second kappa shape index (κ2) is 7.80. The number of rotatable bonds is 3. The number of hydrogen-bond donors (Lipinski definition) is 0. The Morgan fingerprint density at radius 2 is 1.88 bits per heavy atom. The molecule has 0 aliphatic carbocycles. The minimum absolute atomic E-state index is 0.000362. The molecule has 6 nitrogen and oxygen atoms in total. The SMILES string of the molecule is O=C([C@@H]1CCCN(S(=O)(=O)c2cc(Cl)ccc2Cl)C1)N1CCOCC1. The summed E-state index contributed by atoms with van der Waals surface area (Å²) in [6, 6.07) is 4.37. The van der Waals surface area contributed by atoms with Gasteiger partial charge < -0.3 is 9.64 Å². The van der Waals surface area contributed by atoms with Crippen LogP contribution in [0.25, 0.3) is 0 Å². The first-order valence-electron chi connectivity index (χ1n) is 8.21. The lowest BCUT2D eigenvalue weighted by Gasteiger charge is -2.35. The van der Waals surface area contributed by atoms with Crippen molar-refractivity contribution in [3.63, 3.8) is 0 Å². The molecule has 0 radical (unpaired) electrons. The van der Waals surface area contributed by atoms with E-state index >= 15 is 0 Å². The maximum absolute atomic E-state index is 12.9. The predicted octanol–water partition coefficient (Wildman–Crippen LogP) is 2.25. The Kier molecular flexibility index (Phi) is 5.90. The zero-order chi connectivity index (χ0) is 18.0. The van der Waals surface area contributed by atoms with Crippen molar-refractivity contribution in [1.82, 2.24) is 9.21 Å². The van der Waals surface area contributed by atoms with Crippen molar-refractivity contribution in [3.8, 4) is 0 Å². The molecule has 2 saturated heterocycles. The summed E-state index contributed by atoms with van der Waals surface area (Å²) < 4.78 is 32.5. The molecule has 1 amide bonds. The molecule has 9 heteroatoms. The molecule has 0 N–H and O–H groups in total. The Labute approximate surface area is 157 Å². The number of halogens is 2. The van der Waals surface area contributed by atoms with Crippen LogP contribution in [-0.2, 0) is 19.6 Å². The minimum atomic E-state index is -3.79. The molecule has 0 unspecified atom stereocenters. The first kappa shape index (κ1) is 18.9. The highest BCUT2D eigenvalue weighted by Crippen LogP contribution is 2.30. The molecule has 0 bridgehead atoms. The third kappa shape index (κ3) is 4.11. The van der Waals surface area contributed by atoms with E-state index < -0.39 is 10.0 Å². The smallest absolute Gasteiger partial charge is 0.244 e. The molecule has 0 saturated carbocycles. The van der Waals surface area contributed by atoms with Crippen LogP contribution in [-0.4, -0.2) is 62.9 Å². The zero-order valence-corrected chi connectivity index (χ0v) is 16.0. The molecule has 2 fully saturated rings. The summed E-state index contributed by atoms with van der Waals surface area (Å²) >= 11 is 12.0.